The van der Waals surface area contributed by atoms with Crippen LogP contribution < -0.4 is 4.72 Å². The van der Waals surface area contributed by atoms with Crippen molar-refractivity contribution in [3.05, 3.63) is 29.6 Å². The van der Waals surface area contributed by atoms with E-state index in [1.807, 2.05) is 0 Å². The highest BCUT2D eigenvalue weighted by Gasteiger charge is 2.27. The van der Waals surface area contributed by atoms with Crippen molar-refractivity contribution < 1.29 is 22.7 Å². The number of piperidine rings is 1. The Balaban J connectivity index is 2.15. The number of carboxylic acid groups (broad SMARTS) is 1. The summed E-state index contributed by atoms with van der Waals surface area (Å²) in [5.74, 6) is -1.71. The summed E-state index contributed by atoms with van der Waals surface area (Å²) in [4.78, 5) is 10.7. The summed E-state index contributed by atoms with van der Waals surface area (Å²) in [6, 6.07) is 3.06. The Morgan fingerprint density at radius 1 is 1.38 bits per heavy atom. The van der Waals surface area contributed by atoms with Gasteiger partial charge in [-0.15, -0.1) is 0 Å². The predicted octanol–water partition coefficient (Wildman–Crippen LogP) is 1.91. The molecule has 1 aliphatic rings. The quantitative estimate of drug-likeness (QED) is 0.888. The molecule has 6 nitrogen and oxygen atoms in total. The molecule has 1 aromatic rings. The maximum absolute atomic E-state index is 13.8. The van der Waals surface area contributed by atoms with Gasteiger partial charge in [0.25, 0.3) is 0 Å². The Morgan fingerprint density at radius 3 is 2.52 bits per heavy atom. The molecule has 1 aliphatic heterocycles. The molecule has 1 saturated heterocycles. The lowest BCUT2D eigenvalue weighted by molar-refractivity contribution is 0.0696. The molecule has 8 heteroatoms. The third-order valence-electron chi connectivity index (χ3n) is 3.54. The van der Waals surface area contributed by atoms with Crippen molar-refractivity contribution in [3.63, 3.8) is 0 Å². The van der Waals surface area contributed by atoms with Crippen molar-refractivity contribution in [1.29, 1.82) is 0 Å². The van der Waals surface area contributed by atoms with Crippen LogP contribution in [0.3, 0.4) is 0 Å². The first-order valence-corrected chi connectivity index (χ1v) is 8.04. The summed E-state index contributed by atoms with van der Waals surface area (Å²) in [6.07, 6.45) is 1.53. The third kappa shape index (κ3) is 3.70. The molecule has 0 saturated carbocycles. The van der Waals surface area contributed by atoms with Gasteiger partial charge in [-0.3, -0.25) is 4.72 Å². The Morgan fingerprint density at radius 2 is 2.00 bits per heavy atom. The second kappa shape index (κ2) is 5.98. The topological polar surface area (TPSA) is 86.7 Å². The molecule has 0 aromatic heterocycles. The molecule has 116 valence electrons. The lowest BCUT2D eigenvalue weighted by Crippen LogP contribution is -2.41. The van der Waals surface area contributed by atoms with Crippen LogP contribution in [-0.2, 0) is 10.2 Å². The fourth-order valence-corrected chi connectivity index (χ4v) is 3.42. The molecule has 2 rings (SSSR count). The second-order valence-corrected chi connectivity index (χ2v) is 6.86. The van der Waals surface area contributed by atoms with E-state index in [2.05, 4.69) is 11.6 Å². The maximum Gasteiger partial charge on any atom is 0.335 e. The van der Waals surface area contributed by atoms with Crippen LogP contribution in [0, 0.1) is 11.7 Å². The van der Waals surface area contributed by atoms with Gasteiger partial charge in [0.05, 0.1) is 11.3 Å². The highest BCUT2D eigenvalue weighted by molar-refractivity contribution is 7.90. The van der Waals surface area contributed by atoms with Gasteiger partial charge in [0.15, 0.2) is 0 Å². The van der Waals surface area contributed by atoms with Crippen LogP contribution in [-0.4, -0.2) is 36.9 Å². The number of aromatic carboxylic acids is 1. The van der Waals surface area contributed by atoms with Crippen LogP contribution in [0.15, 0.2) is 18.2 Å². The third-order valence-corrected chi connectivity index (χ3v) is 5.06. The molecule has 2 N–H and O–H groups in total. The van der Waals surface area contributed by atoms with E-state index in [1.54, 1.807) is 0 Å². The molecule has 21 heavy (non-hydrogen) atoms. The van der Waals surface area contributed by atoms with Crippen LogP contribution in [0.5, 0.6) is 0 Å². The number of rotatable bonds is 4. The summed E-state index contributed by atoms with van der Waals surface area (Å²) >= 11 is 0. The molecule has 1 fully saturated rings. The molecule has 0 amide bonds. The molecule has 0 bridgehead atoms. The Bertz CT molecular complexity index is 640. The minimum absolute atomic E-state index is 0.234. The lowest BCUT2D eigenvalue weighted by Gasteiger charge is -2.29. The van der Waals surface area contributed by atoms with Gasteiger partial charge in [-0.1, -0.05) is 6.92 Å². The van der Waals surface area contributed by atoms with Gasteiger partial charge in [-0.25, -0.2) is 9.18 Å². The van der Waals surface area contributed by atoms with E-state index in [1.165, 1.54) is 4.31 Å². The minimum atomic E-state index is -3.82. The first-order valence-electron chi connectivity index (χ1n) is 6.60. The Hall–Kier alpha value is -1.67. The lowest BCUT2D eigenvalue weighted by atomic mass is 10.0. The number of nitrogens with zero attached hydrogens (tertiary/aromatic N) is 1. The van der Waals surface area contributed by atoms with Gasteiger partial charge in [0, 0.05) is 13.1 Å². The standard InChI is InChI=1S/C13H17FN2O4S/c1-9-4-6-16(7-5-9)21(19,20)15-12-3-2-10(13(17)18)8-11(12)14/h2-3,8-9,15H,4-7H2,1H3,(H,17,18). The normalized spacial score (nSPS) is 17.6. The van der Waals surface area contributed by atoms with Crippen molar-refractivity contribution >= 4 is 21.9 Å². The number of halogens is 1. The van der Waals surface area contributed by atoms with Crippen LogP contribution >= 0.6 is 0 Å². The molecular weight excluding hydrogens is 299 g/mol. The van der Waals surface area contributed by atoms with Crippen molar-refractivity contribution in [2.75, 3.05) is 17.8 Å². The van der Waals surface area contributed by atoms with Gasteiger partial charge >= 0.3 is 16.2 Å². The maximum atomic E-state index is 13.8. The van der Waals surface area contributed by atoms with Gasteiger partial charge in [-0.2, -0.15) is 12.7 Å². The van der Waals surface area contributed by atoms with Crippen LogP contribution in [0.2, 0.25) is 0 Å². The first kappa shape index (κ1) is 15.7. The molecule has 0 atom stereocenters. The van der Waals surface area contributed by atoms with Crippen LogP contribution in [0.4, 0.5) is 10.1 Å². The summed E-state index contributed by atoms with van der Waals surface area (Å²) in [5, 5.41) is 8.75. The van der Waals surface area contributed by atoms with Crippen LogP contribution in [0.25, 0.3) is 0 Å². The molecule has 0 aliphatic carbocycles. The van der Waals surface area contributed by atoms with E-state index >= 15 is 0 Å². The van der Waals surface area contributed by atoms with Crippen molar-refractivity contribution in [1.82, 2.24) is 4.31 Å². The van der Waals surface area contributed by atoms with Gasteiger partial charge in [-0.05, 0) is 37.0 Å². The average molecular weight is 316 g/mol. The van der Waals surface area contributed by atoms with E-state index in [-0.39, 0.29) is 11.3 Å². The largest absolute Gasteiger partial charge is 0.478 e. The highest BCUT2D eigenvalue weighted by atomic mass is 32.2. The summed E-state index contributed by atoms with van der Waals surface area (Å²) in [7, 11) is -3.82. The monoisotopic (exact) mass is 316 g/mol. The van der Waals surface area contributed by atoms with E-state index in [9.17, 15) is 17.6 Å². The SMILES string of the molecule is CC1CCN(S(=O)(=O)Nc2ccc(C(=O)O)cc2F)CC1. The van der Waals surface area contributed by atoms with Crippen molar-refractivity contribution in [2.24, 2.45) is 5.92 Å². The number of hydrogen-bond acceptors (Lipinski definition) is 3. The average Bonchev–Trinajstić information content (AvgIpc) is 2.41. The Labute approximate surface area is 122 Å². The van der Waals surface area contributed by atoms with Gasteiger partial charge in [0.2, 0.25) is 0 Å². The predicted molar refractivity (Wildman–Crippen MR) is 75.9 cm³/mol. The summed E-state index contributed by atoms with van der Waals surface area (Å²) in [5.41, 5.74) is -0.485. The zero-order valence-electron chi connectivity index (χ0n) is 11.5. The number of benzene rings is 1. The molecule has 1 aromatic carbocycles. The Kier molecular flexibility index (Phi) is 4.48. The smallest absolute Gasteiger partial charge is 0.335 e. The number of nitrogens with one attached hydrogen (secondary N) is 1. The van der Waals surface area contributed by atoms with E-state index < -0.39 is 22.0 Å². The second-order valence-electron chi connectivity index (χ2n) is 5.19. The zero-order chi connectivity index (χ0) is 15.6. The van der Waals surface area contributed by atoms with E-state index in [4.69, 9.17) is 5.11 Å². The number of carbonyl (C=O) groups is 1. The molecular formula is C13H17FN2O4S. The van der Waals surface area contributed by atoms with E-state index in [0.717, 1.165) is 31.0 Å². The fourth-order valence-electron chi connectivity index (χ4n) is 2.16. The van der Waals surface area contributed by atoms with E-state index in [0.29, 0.717) is 19.0 Å². The molecule has 0 unspecified atom stereocenters. The number of anilines is 1. The molecule has 0 radical (unpaired) electrons. The summed E-state index contributed by atoms with van der Waals surface area (Å²) in [6.45, 7) is 2.85. The number of hydrogen-bond donors (Lipinski definition) is 2. The van der Waals surface area contributed by atoms with Gasteiger partial charge in [0.1, 0.15) is 5.82 Å². The van der Waals surface area contributed by atoms with Crippen molar-refractivity contribution in [3.8, 4) is 0 Å². The minimum Gasteiger partial charge on any atom is -0.478 e. The van der Waals surface area contributed by atoms with Crippen LogP contribution in [0.1, 0.15) is 30.1 Å². The zero-order valence-corrected chi connectivity index (χ0v) is 12.4. The molecule has 1 heterocycles. The highest BCUT2D eigenvalue weighted by Crippen LogP contribution is 2.22. The number of carboxylic acids is 1. The van der Waals surface area contributed by atoms with Crippen molar-refractivity contribution in [2.45, 2.75) is 19.8 Å². The first-order chi connectivity index (χ1) is 9.79. The fraction of sp³-hybridized carbons (Fsp3) is 0.462. The van der Waals surface area contributed by atoms with Gasteiger partial charge < -0.3 is 5.11 Å². The summed E-state index contributed by atoms with van der Waals surface area (Å²) < 4.78 is 41.5. The molecule has 0 spiro atoms.